The quantitative estimate of drug-likeness (QED) is 0.168. The standard InChI is InChI=1S/C28H24BrN3O7S/c1-16-4-9-22(17(2)10-16)30-26(33)14-31-27(34)25(40-28(31)35)12-19-11-23(38-3)24(13-21(19)29)39-15-18-5-7-20(8-6-18)32(36)37/h4-13H,14-15H2,1-3H3,(H,30,33)/b25-12+. The average molecular weight is 626 g/mol. The molecule has 0 saturated carbocycles. The maximum absolute atomic E-state index is 13.0. The number of hydrogen-bond donors (Lipinski definition) is 1. The Morgan fingerprint density at radius 1 is 1.10 bits per heavy atom. The highest BCUT2D eigenvalue weighted by Gasteiger charge is 2.36. The van der Waals surface area contributed by atoms with Gasteiger partial charge >= 0.3 is 0 Å². The molecule has 1 aliphatic heterocycles. The zero-order valence-corrected chi connectivity index (χ0v) is 24.1. The van der Waals surface area contributed by atoms with Gasteiger partial charge in [-0.1, -0.05) is 33.6 Å². The normalized spacial score (nSPS) is 14.0. The molecule has 0 spiro atoms. The Morgan fingerprint density at radius 3 is 2.48 bits per heavy atom. The molecular formula is C28H24BrN3O7S. The Morgan fingerprint density at radius 2 is 1.82 bits per heavy atom. The van der Waals surface area contributed by atoms with Gasteiger partial charge in [-0.3, -0.25) is 29.4 Å². The fourth-order valence-electron chi connectivity index (χ4n) is 3.87. The molecule has 3 aromatic rings. The van der Waals surface area contributed by atoms with E-state index in [9.17, 15) is 24.5 Å². The van der Waals surface area contributed by atoms with Crippen molar-refractivity contribution in [2.45, 2.75) is 20.5 Å². The predicted octanol–water partition coefficient (Wildman–Crippen LogP) is 6.24. The highest BCUT2D eigenvalue weighted by atomic mass is 79.9. The van der Waals surface area contributed by atoms with E-state index in [1.54, 1.807) is 36.4 Å². The molecule has 40 heavy (non-hydrogen) atoms. The van der Waals surface area contributed by atoms with Crippen LogP contribution in [0.4, 0.5) is 16.2 Å². The molecule has 1 heterocycles. The van der Waals surface area contributed by atoms with E-state index in [-0.39, 0.29) is 17.2 Å². The number of imide groups is 1. The number of rotatable bonds is 9. The number of ether oxygens (including phenoxy) is 2. The number of nitrogens with zero attached hydrogens (tertiary/aromatic N) is 2. The number of aryl methyl sites for hydroxylation is 2. The number of benzene rings is 3. The number of nitro benzene ring substituents is 1. The molecule has 0 atom stereocenters. The fourth-order valence-corrected chi connectivity index (χ4v) is 5.14. The summed E-state index contributed by atoms with van der Waals surface area (Å²) in [6.45, 7) is 3.55. The molecule has 0 unspecified atom stereocenters. The smallest absolute Gasteiger partial charge is 0.294 e. The van der Waals surface area contributed by atoms with Gasteiger partial charge in [0.1, 0.15) is 13.2 Å². The van der Waals surface area contributed by atoms with Crippen LogP contribution in [0.1, 0.15) is 22.3 Å². The highest BCUT2D eigenvalue weighted by Crippen LogP contribution is 2.38. The van der Waals surface area contributed by atoms with Crippen molar-refractivity contribution in [3.05, 3.63) is 96.3 Å². The Kier molecular flexibility index (Phi) is 8.90. The lowest BCUT2D eigenvalue weighted by molar-refractivity contribution is -0.384. The summed E-state index contributed by atoms with van der Waals surface area (Å²) in [6.07, 6.45) is 1.54. The molecule has 10 nitrogen and oxygen atoms in total. The first-order valence-corrected chi connectivity index (χ1v) is 13.5. The molecular weight excluding hydrogens is 602 g/mol. The van der Waals surface area contributed by atoms with Crippen LogP contribution in [-0.4, -0.2) is 40.5 Å². The second-order valence-electron chi connectivity index (χ2n) is 8.87. The summed E-state index contributed by atoms with van der Waals surface area (Å²) in [4.78, 5) is 49.6. The molecule has 1 N–H and O–H groups in total. The van der Waals surface area contributed by atoms with Crippen LogP contribution in [0, 0.1) is 24.0 Å². The first-order chi connectivity index (χ1) is 19.0. The van der Waals surface area contributed by atoms with Gasteiger partial charge in [-0.2, -0.15) is 0 Å². The number of methoxy groups -OCH3 is 1. The van der Waals surface area contributed by atoms with Gasteiger partial charge < -0.3 is 14.8 Å². The van der Waals surface area contributed by atoms with Crippen LogP contribution in [0.25, 0.3) is 6.08 Å². The molecule has 1 saturated heterocycles. The summed E-state index contributed by atoms with van der Waals surface area (Å²) in [6, 6.07) is 14.9. The van der Waals surface area contributed by atoms with Crippen LogP contribution >= 0.6 is 27.7 Å². The van der Waals surface area contributed by atoms with E-state index in [1.165, 1.54) is 19.2 Å². The topological polar surface area (TPSA) is 128 Å². The van der Waals surface area contributed by atoms with Crippen molar-refractivity contribution in [3.8, 4) is 11.5 Å². The number of nitrogens with one attached hydrogen (secondary N) is 1. The fraction of sp³-hybridized carbons (Fsp3) is 0.179. The van der Waals surface area contributed by atoms with Crippen LogP contribution in [0.5, 0.6) is 11.5 Å². The summed E-state index contributed by atoms with van der Waals surface area (Å²) >= 11 is 4.22. The van der Waals surface area contributed by atoms with Crippen molar-refractivity contribution in [3.63, 3.8) is 0 Å². The molecule has 0 aromatic heterocycles. The van der Waals surface area contributed by atoms with Crippen LogP contribution in [0.15, 0.2) is 64.0 Å². The zero-order chi connectivity index (χ0) is 29.0. The Hall–Kier alpha value is -4.16. The lowest BCUT2D eigenvalue weighted by Gasteiger charge is -2.14. The maximum Gasteiger partial charge on any atom is 0.294 e. The number of amides is 3. The number of hydrogen-bond acceptors (Lipinski definition) is 8. The number of halogens is 1. The van der Waals surface area contributed by atoms with Gasteiger partial charge in [0.15, 0.2) is 11.5 Å². The second kappa shape index (κ2) is 12.3. The van der Waals surface area contributed by atoms with E-state index in [2.05, 4.69) is 21.2 Å². The van der Waals surface area contributed by atoms with Crippen LogP contribution < -0.4 is 14.8 Å². The molecule has 3 amide bonds. The van der Waals surface area contributed by atoms with E-state index in [1.807, 2.05) is 26.0 Å². The van der Waals surface area contributed by atoms with Crippen molar-refractivity contribution in [2.75, 3.05) is 19.0 Å². The van der Waals surface area contributed by atoms with E-state index < -0.39 is 28.5 Å². The number of non-ortho nitro benzene ring substituents is 1. The van der Waals surface area contributed by atoms with Gasteiger partial charge in [-0.15, -0.1) is 0 Å². The van der Waals surface area contributed by atoms with Crippen LogP contribution in [0.3, 0.4) is 0 Å². The highest BCUT2D eigenvalue weighted by molar-refractivity contribution is 9.10. The number of anilines is 1. The predicted molar refractivity (Wildman–Crippen MR) is 155 cm³/mol. The monoisotopic (exact) mass is 625 g/mol. The molecule has 3 aromatic carbocycles. The number of nitro groups is 1. The Balaban J connectivity index is 1.46. The minimum absolute atomic E-state index is 0.0140. The molecule has 206 valence electrons. The molecule has 4 rings (SSSR count). The summed E-state index contributed by atoms with van der Waals surface area (Å²) in [5.41, 5.74) is 3.82. The summed E-state index contributed by atoms with van der Waals surface area (Å²) in [5.74, 6) is -0.271. The van der Waals surface area contributed by atoms with Gasteiger partial charge in [-0.05, 0) is 78.7 Å². The van der Waals surface area contributed by atoms with Crippen LogP contribution in [-0.2, 0) is 16.2 Å². The number of carbonyl (C=O) groups excluding carboxylic acids is 3. The Bertz CT molecular complexity index is 1540. The van der Waals surface area contributed by atoms with Gasteiger partial charge in [0.25, 0.3) is 16.8 Å². The molecule has 12 heteroatoms. The summed E-state index contributed by atoms with van der Waals surface area (Å²) < 4.78 is 11.9. The average Bonchev–Trinajstić information content (AvgIpc) is 3.17. The third-order valence-electron chi connectivity index (χ3n) is 5.94. The Labute approximate surface area is 242 Å². The van der Waals surface area contributed by atoms with Gasteiger partial charge in [0, 0.05) is 22.3 Å². The number of carbonyl (C=O) groups is 3. The van der Waals surface area contributed by atoms with E-state index in [0.29, 0.717) is 27.2 Å². The van der Waals surface area contributed by atoms with Crippen molar-refractivity contribution < 1.29 is 28.8 Å². The van der Waals surface area contributed by atoms with Crippen molar-refractivity contribution in [1.29, 1.82) is 0 Å². The SMILES string of the molecule is COc1cc(/C=C2/SC(=O)N(CC(=O)Nc3ccc(C)cc3C)C2=O)c(Br)cc1OCc1ccc([N+](=O)[O-])cc1. The van der Waals surface area contributed by atoms with Crippen molar-refractivity contribution >= 4 is 62.2 Å². The largest absolute Gasteiger partial charge is 0.493 e. The van der Waals surface area contributed by atoms with Crippen LogP contribution in [0.2, 0.25) is 0 Å². The summed E-state index contributed by atoms with van der Waals surface area (Å²) in [7, 11) is 1.47. The number of thioether (sulfide) groups is 1. The maximum atomic E-state index is 13.0. The van der Waals surface area contributed by atoms with E-state index in [4.69, 9.17) is 9.47 Å². The molecule has 0 radical (unpaired) electrons. The second-order valence-corrected chi connectivity index (χ2v) is 10.7. The zero-order valence-electron chi connectivity index (χ0n) is 21.7. The third-order valence-corrected chi connectivity index (χ3v) is 7.54. The van der Waals surface area contributed by atoms with Crippen molar-refractivity contribution in [2.24, 2.45) is 0 Å². The summed E-state index contributed by atoms with van der Waals surface area (Å²) in [5, 5.41) is 13.1. The van der Waals surface area contributed by atoms with Crippen molar-refractivity contribution in [1.82, 2.24) is 4.90 Å². The van der Waals surface area contributed by atoms with E-state index in [0.717, 1.165) is 33.4 Å². The lowest BCUT2D eigenvalue weighted by Crippen LogP contribution is -2.36. The molecule has 1 fully saturated rings. The molecule has 0 aliphatic carbocycles. The molecule has 1 aliphatic rings. The van der Waals surface area contributed by atoms with Gasteiger partial charge in [-0.25, -0.2) is 0 Å². The van der Waals surface area contributed by atoms with E-state index >= 15 is 0 Å². The lowest BCUT2D eigenvalue weighted by atomic mass is 10.1. The third kappa shape index (κ3) is 6.69. The molecule has 0 bridgehead atoms. The first-order valence-electron chi connectivity index (χ1n) is 11.9. The minimum atomic E-state index is -0.574. The minimum Gasteiger partial charge on any atom is -0.493 e. The van der Waals surface area contributed by atoms with Gasteiger partial charge in [0.2, 0.25) is 5.91 Å². The van der Waals surface area contributed by atoms with Gasteiger partial charge in [0.05, 0.1) is 16.9 Å². The first kappa shape index (κ1) is 28.8.